The number of sulfone groups is 1. The van der Waals surface area contributed by atoms with Gasteiger partial charge in [0, 0.05) is 11.8 Å². The fourth-order valence-corrected chi connectivity index (χ4v) is 2.25. The Kier molecular flexibility index (Phi) is 2.53. The van der Waals surface area contributed by atoms with E-state index in [1.807, 2.05) is 0 Å². The Morgan fingerprint density at radius 1 is 1.53 bits per heavy atom. The molecule has 17 heavy (non-hydrogen) atoms. The van der Waals surface area contributed by atoms with Gasteiger partial charge in [-0.1, -0.05) is 0 Å². The largest absolute Gasteiger partial charge is 0.378 e. The van der Waals surface area contributed by atoms with Crippen molar-refractivity contribution in [3.8, 4) is 0 Å². The molecule has 1 fully saturated rings. The van der Waals surface area contributed by atoms with E-state index in [9.17, 15) is 18.5 Å². The zero-order chi connectivity index (χ0) is 12.8. The first-order chi connectivity index (χ1) is 7.80. The van der Waals surface area contributed by atoms with Crippen LogP contribution in [0.4, 0.5) is 11.5 Å². The molecule has 0 aromatic carbocycles. The van der Waals surface area contributed by atoms with Crippen LogP contribution in [0.2, 0.25) is 0 Å². The van der Waals surface area contributed by atoms with Gasteiger partial charge in [-0.25, -0.2) is 13.4 Å². The topological polar surface area (TPSA) is 116 Å². The molecule has 7 nitrogen and oxygen atoms in total. The number of nitrogens with two attached hydrogens (primary N) is 1. The number of aromatic nitrogens is 1. The Morgan fingerprint density at radius 3 is 2.53 bits per heavy atom. The van der Waals surface area contributed by atoms with E-state index < -0.39 is 14.8 Å². The van der Waals surface area contributed by atoms with Crippen LogP contribution in [-0.2, 0) is 9.84 Å². The first-order valence-electron chi connectivity index (χ1n) is 4.95. The van der Waals surface area contributed by atoms with Gasteiger partial charge in [-0.3, -0.25) is 10.1 Å². The van der Waals surface area contributed by atoms with Gasteiger partial charge in [-0.05, 0) is 24.8 Å². The van der Waals surface area contributed by atoms with Crippen molar-refractivity contribution in [1.29, 1.82) is 0 Å². The molecule has 0 aliphatic heterocycles. The minimum Gasteiger partial charge on any atom is -0.378 e. The van der Waals surface area contributed by atoms with Crippen LogP contribution in [0, 0.1) is 10.1 Å². The average molecular weight is 257 g/mol. The van der Waals surface area contributed by atoms with Gasteiger partial charge in [0.15, 0.2) is 14.9 Å². The number of hydrogen-bond donors (Lipinski definition) is 1. The second-order valence-electron chi connectivity index (χ2n) is 4.09. The molecule has 1 aromatic rings. The second-order valence-corrected chi connectivity index (χ2v) is 6.05. The Balaban J connectivity index is 2.68. The molecule has 1 heterocycles. The molecule has 0 amide bonds. The first-order valence-corrected chi connectivity index (χ1v) is 6.84. The van der Waals surface area contributed by atoms with Crippen LogP contribution in [0.5, 0.6) is 0 Å². The first kappa shape index (κ1) is 11.8. The van der Waals surface area contributed by atoms with Crippen LogP contribution in [-0.4, -0.2) is 24.6 Å². The maximum absolute atomic E-state index is 11.4. The average Bonchev–Trinajstić information content (AvgIpc) is 2.96. The van der Waals surface area contributed by atoms with E-state index in [1.54, 1.807) is 0 Å². The number of rotatable bonds is 3. The zero-order valence-corrected chi connectivity index (χ0v) is 9.90. The van der Waals surface area contributed by atoms with Gasteiger partial charge in [-0.2, -0.15) is 0 Å². The fourth-order valence-electron chi connectivity index (χ4n) is 1.65. The lowest BCUT2D eigenvalue weighted by Crippen LogP contribution is -2.08. The summed E-state index contributed by atoms with van der Waals surface area (Å²) in [5.74, 6) is -0.305. The summed E-state index contributed by atoms with van der Waals surface area (Å²) in [6.07, 6.45) is 2.62. The third kappa shape index (κ3) is 2.21. The van der Waals surface area contributed by atoms with Crippen LogP contribution in [0.15, 0.2) is 11.1 Å². The number of pyridine rings is 1. The number of nitrogens with zero attached hydrogens (tertiary/aromatic N) is 2. The molecule has 0 atom stereocenters. The van der Waals surface area contributed by atoms with Gasteiger partial charge in [-0.15, -0.1) is 0 Å². The lowest BCUT2D eigenvalue weighted by molar-refractivity contribution is -0.384. The SMILES string of the molecule is CS(=O)(=O)c1cc(C2CC2)c([N+](=O)[O-])c(N)n1. The summed E-state index contributed by atoms with van der Waals surface area (Å²) in [7, 11) is -3.51. The van der Waals surface area contributed by atoms with Crippen molar-refractivity contribution in [2.45, 2.75) is 23.8 Å². The summed E-state index contributed by atoms with van der Waals surface area (Å²) in [4.78, 5) is 13.8. The highest BCUT2D eigenvalue weighted by molar-refractivity contribution is 7.90. The quantitative estimate of drug-likeness (QED) is 0.633. The van der Waals surface area contributed by atoms with Crippen molar-refractivity contribution >= 4 is 21.3 Å². The summed E-state index contributed by atoms with van der Waals surface area (Å²) in [5, 5.41) is 10.7. The highest BCUT2D eigenvalue weighted by Crippen LogP contribution is 2.46. The molecule has 2 rings (SSSR count). The fraction of sp³-hybridized carbons (Fsp3) is 0.444. The molecule has 92 valence electrons. The number of anilines is 1. The Labute approximate surface area is 97.7 Å². The van der Waals surface area contributed by atoms with Gasteiger partial charge in [0.25, 0.3) is 0 Å². The summed E-state index contributed by atoms with van der Waals surface area (Å²) >= 11 is 0. The molecule has 0 bridgehead atoms. The van der Waals surface area contributed by atoms with Crippen LogP contribution in [0.25, 0.3) is 0 Å². The van der Waals surface area contributed by atoms with E-state index in [1.165, 1.54) is 6.07 Å². The lowest BCUT2D eigenvalue weighted by atomic mass is 10.1. The van der Waals surface area contributed by atoms with Crippen LogP contribution < -0.4 is 5.73 Å². The predicted octanol–water partition coefficient (Wildman–Crippen LogP) is 0.853. The number of hydrogen-bond acceptors (Lipinski definition) is 6. The molecular weight excluding hydrogens is 246 g/mol. The maximum atomic E-state index is 11.4. The molecular formula is C9H11N3O4S. The molecule has 0 saturated heterocycles. The van der Waals surface area contributed by atoms with Crippen molar-refractivity contribution < 1.29 is 13.3 Å². The predicted molar refractivity (Wildman–Crippen MR) is 60.4 cm³/mol. The van der Waals surface area contributed by atoms with Crippen molar-refractivity contribution in [3.63, 3.8) is 0 Å². The zero-order valence-electron chi connectivity index (χ0n) is 9.08. The number of nitrogen functional groups attached to an aromatic ring is 1. The lowest BCUT2D eigenvalue weighted by Gasteiger charge is -2.06. The van der Waals surface area contributed by atoms with Gasteiger partial charge in [0.05, 0.1) is 4.92 Å². The van der Waals surface area contributed by atoms with Crippen molar-refractivity contribution in [1.82, 2.24) is 4.98 Å². The second kappa shape index (κ2) is 3.66. The molecule has 1 aliphatic carbocycles. The van der Waals surface area contributed by atoms with Crippen LogP contribution in [0.3, 0.4) is 0 Å². The standard InChI is InChI=1S/C9H11N3O4S/c1-17(15,16)7-4-6(5-2-3-5)8(12(13)14)9(10)11-7/h4-5H,2-3H2,1H3,(H2,10,11). The minimum atomic E-state index is -3.51. The molecule has 1 aliphatic rings. The van der Waals surface area contributed by atoms with E-state index in [-0.39, 0.29) is 22.4 Å². The van der Waals surface area contributed by atoms with Crippen LogP contribution >= 0.6 is 0 Å². The summed E-state index contributed by atoms with van der Waals surface area (Å²) in [5.41, 5.74) is 5.58. The van der Waals surface area contributed by atoms with E-state index in [0.29, 0.717) is 5.56 Å². The minimum absolute atomic E-state index is 0.0289. The summed E-state index contributed by atoms with van der Waals surface area (Å²) < 4.78 is 22.7. The molecule has 0 spiro atoms. The van der Waals surface area contributed by atoms with Crippen molar-refractivity contribution in [2.75, 3.05) is 12.0 Å². The summed E-state index contributed by atoms with van der Waals surface area (Å²) in [6, 6.07) is 1.27. The van der Waals surface area contributed by atoms with Crippen molar-refractivity contribution in [3.05, 3.63) is 21.7 Å². The summed E-state index contributed by atoms with van der Waals surface area (Å²) in [6.45, 7) is 0. The maximum Gasteiger partial charge on any atom is 0.314 e. The normalized spacial score (nSPS) is 15.8. The van der Waals surface area contributed by atoms with E-state index in [2.05, 4.69) is 4.98 Å². The highest BCUT2D eigenvalue weighted by Gasteiger charge is 2.34. The van der Waals surface area contributed by atoms with Crippen molar-refractivity contribution in [2.24, 2.45) is 0 Å². The molecule has 0 unspecified atom stereocenters. The van der Waals surface area contributed by atoms with Gasteiger partial charge < -0.3 is 5.73 Å². The molecule has 0 radical (unpaired) electrons. The smallest absolute Gasteiger partial charge is 0.314 e. The van der Waals surface area contributed by atoms with E-state index >= 15 is 0 Å². The third-order valence-electron chi connectivity index (χ3n) is 2.61. The molecule has 1 aromatic heterocycles. The molecule has 2 N–H and O–H groups in total. The third-order valence-corrected chi connectivity index (χ3v) is 3.57. The highest BCUT2D eigenvalue weighted by atomic mass is 32.2. The van der Waals surface area contributed by atoms with Gasteiger partial charge in [0.2, 0.25) is 5.82 Å². The Hall–Kier alpha value is -1.70. The molecule has 1 saturated carbocycles. The van der Waals surface area contributed by atoms with E-state index in [4.69, 9.17) is 5.73 Å². The van der Waals surface area contributed by atoms with Gasteiger partial charge in [0.1, 0.15) is 0 Å². The monoisotopic (exact) mass is 257 g/mol. The van der Waals surface area contributed by atoms with Crippen LogP contribution in [0.1, 0.15) is 24.3 Å². The Bertz CT molecular complexity index is 593. The molecule has 8 heteroatoms. The van der Waals surface area contributed by atoms with Gasteiger partial charge >= 0.3 is 5.69 Å². The Morgan fingerprint density at radius 2 is 2.12 bits per heavy atom. The van der Waals surface area contributed by atoms with E-state index in [0.717, 1.165) is 19.1 Å². The number of nitro groups is 1.